The first-order valence-corrected chi connectivity index (χ1v) is 9.72. The standard InChI is InChI=1S/C12H22BrN3O2S2/c1-3-6-14-7-4-8-16(2)20(17,18)15-10-12-11(13)5-9-19-12/h5,9,14-15H,3-4,6-8,10H2,1-2H3. The van der Waals surface area contributed by atoms with Crippen LogP contribution in [0.2, 0.25) is 0 Å². The molecule has 20 heavy (non-hydrogen) atoms. The van der Waals surface area contributed by atoms with Gasteiger partial charge in [-0.2, -0.15) is 17.4 Å². The third-order valence-corrected chi connectivity index (χ3v) is 6.21. The summed E-state index contributed by atoms with van der Waals surface area (Å²) in [5.74, 6) is 0. The van der Waals surface area contributed by atoms with Gasteiger partial charge in [-0.25, -0.2) is 0 Å². The number of hydrogen-bond acceptors (Lipinski definition) is 4. The van der Waals surface area contributed by atoms with Gasteiger partial charge in [-0.3, -0.25) is 0 Å². The van der Waals surface area contributed by atoms with E-state index in [1.807, 2.05) is 11.4 Å². The molecule has 0 aromatic carbocycles. The SMILES string of the molecule is CCCNCCCN(C)S(=O)(=O)NCc1sccc1Br. The number of hydrogen-bond donors (Lipinski definition) is 2. The molecule has 0 spiro atoms. The van der Waals surface area contributed by atoms with Crippen molar-refractivity contribution in [3.05, 3.63) is 20.8 Å². The van der Waals surface area contributed by atoms with Crippen molar-refractivity contribution in [1.82, 2.24) is 14.3 Å². The second kappa shape index (κ2) is 9.11. The van der Waals surface area contributed by atoms with Crippen molar-refractivity contribution < 1.29 is 8.42 Å². The fourth-order valence-corrected chi connectivity index (χ4v) is 4.01. The highest BCUT2D eigenvalue weighted by atomic mass is 79.9. The van der Waals surface area contributed by atoms with Crippen molar-refractivity contribution in [3.63, 3.8) is 0 Å². The molecule has 0 bridgehead atoms. The van der Waals surface area contributed by atoms with Crippen LogP contribution in [0.5, 0.6) is 0 Å². The molecule has 1 aromatic heterocycles. The maximum Gasteiger partial charge on any atom is 0.279 e. The first kappa shape index (κ1) is 18.1. The van der Waals surface area contributed by atoms with Crippen LogP contribution in [0, 0.1) is 0 Å². The van der Waals surface area contributed by atoms with Gasteiger partial charge in [0, 0.05) is 29.5 Å². The predicted molar refractivity (Wildman–Crippen MR) is 88.2 cm³/mol. The molecular formula is C12H22BrN3O2S2. The largest absolute Gasteiger partial charge is 0.317 e. The number of rotatable bonds is 10. The second-order valence-corrected chi connectivity index (χ2v) is 8.16. The molecule has 1 heterocycles. The van der Waals surface area contributed by atoms with E-state index in [9.17, 15) is 8.42 Å². The Labute approximate surface area is 134 Å². The molecule has 1 rings (SSSR count). The van der Waals surface area contributed by atoms with E-state index >= 15 is 0 Å². The van der Waals surface area contributed by atoms with E-state index in [4.69, 9.17) is 0 Å². The average Bonchev–Trinajstić information content (AvgIpc) is 2.81. The summed E-state index contributed by atoms with van der Waals surface area (Å²) in [6.07, 6.45) is 1.89. The second-order valence-electron chi connectivity index (χ2n) is 4.44. The average molecular weight is 384 g/mol. The summed E-state index contributed by atoms with van der Waals surface area (Å²) in [7, 11) is -1.80. The van der Waals surface area contributed by atoms with Gasteiger partial charge in [-0.05, 0) is 53.3 Å². The monoisotopic (exact) mass is 383 g/mol. The van der Waals surface area contributed by atoms with Gasteiger partial charge >= 0.3 is 0 Å². The molecular weight excluding hydrogens is 362 g/mol. The quantitative estimate of drug-likeness (QED) is 0.608. The number of thiophene rings is 1. The lowest BCUT2D eigenvalue weighted by Crippen LogP contribution is -2.39. The van der Waals surface area contributed by atoms with Crippen LogP contribution in [-0.4, -0.2) is 39.4 Å². The van der Waals surface area contributed by atoms with E-state index in [-0.39, 0.29) is 0 Å². The highest BCUT2D eigenvalue weighted by molar-refractivity contribution is 9.10. The first-order chi connectivity index (χ1) is 9.47. The summed E-state index contributed by atoms with van der Waals surface area (Å²) in [5.41, 5.74) is 0. The fourth-order valence-electron chi connectivity index (χ4n) is 1.57. The van der Waals surface area contributed by atoms with E-state index in [0.29, 0.717) is 13.1 Å². The van der Waals surface area contributed by atoms with Crippen LogP contribution >= 0.6 is 27.3 Å². The van der Waals surface area contributed by atoms with Crippen molar-refractivity contribution in [1.29, 1.82) is 0 Å². The van der Waals surface area contributed by atoms with Crippen LogP contribution in [0.15, 0.2) is 15.9 Å². The molecule has 0 radical (unpaired) electrons. The predicted octanol–water partition coefficient (Wildman–Crippen LogP) is 2.17. The lowest BCUT2D eigenvalue weighted by molar-refractivity contribution is 0.444. The molecule has 116 valence electrons. The molecule has 0 amide bonds. The Kier molecular flexibility index (Phi) is 8.23. The highest BCUT2D eigenvalue weighted by Gasteiger charge is 2.17. The molecule has 0 unspecified atom stereocenters. The lowest BCUT2D eigenvalue weighted by atomic mass is 10.4. The van der Waals surface area contributed by atoms with Crippen LogP contribution in [0.25, 0.3) is 0 Å². The molecule has 0 saturated carbocycles. The summed E-state index contributed by atoms with van der Waals surface area (Å²) in [4.78, 5) is 0.978. The van der Waals surface area contributed by atoms with Crippen molar-refractivity contribution >= 4 is 37.5 Å². The number of halogens is 1. The van der Waals surface area contributed by atoms with Gasteiger partial charge in [-0.1, -0.05) is 6.92 Å². The van der Waals surface area contributed by atoms with Gasteiger partial charge in [0.2, 0.25) is 0 Å². The Hall–Kier alpha value is 0.01000. The normalized spacial score (nSPS) is 12.2. The topological polar surface area (TPSA) is 61.4 Å². The molecule has 0 saturated heterocycles. The lowest BCUT2D eigenvalue weighted by Gasteiger charge is -2.17. The summed E-state index contributed by atoms with van der Waals surface area (Å²) < 4.78 is 29.0. The third kappa shape index (κ3) is 6.19. The third-order valence-electron chi connectivity index (χ3n) is 2.77. The summed E-state index contributed by atoms with van der Waals surface area (Å²) in [6.45, 7) is 4.75. The van der Waals surface area contributed by atoms with E-state index in [0.717, 1.165) is 35.3 Å². The summed E-state index contributed by atoms with van der Waals surface area (Å²) >= 11 is 4.92. The van der Waals surface area contributed by atoms with Crippen LogP contribution in [-0.2, 0) is 16.8 Å². The van der Waals surface area contributed by atoms with Gasteiger partial charge in [0.05, 0.1) is 0 Å². The first-order valence-electron chi connectivity index (χ1n) is 6.61. The van der Waals surface area contributed by atoms with Crippen LogP contribution in [0.1, 0.15) is 24.6 Å². The van der Waals surface area contributed by atoms with Gasteiger partial charge < -0.3 is 5.32 Å². The Bertz CT molecular complexity index is 491. The zero-order chi connectivity index (χ0) is 15.0. The van der Waals surface area contributed by atoms with Gasteiger partial charge in [0.15, 0.2) is 0 Å². The van der Waals surface area contributed by atoms with Crippen molar-refractivity contribution in [2.75, 3.05) is 26.7 Å². The van der Waals surface area contributed by atoms with Crippen LogP contribution < -0.4 is 10.0 Å². The van der Waals surface area contributed by atoms with Crippen LogP contribution in [0.3, 0.4) is 0 Å². The molecule has 0 fully saturated rings. The zero-order valence-corrected chi connectivity index (χ0v) is 15.1. The van der Waals surface area contributed by atoms with E-state index in [1.54, 1.807) is 7.05 Å². The van der Waals surface area contributed by atoms with Crippen LogP contribution in [0.4, 0.5) is 0 Å². The summed E-state index contributed by atoms with van der Waals surface area (Å²) in [6, 6.07) is 1.91. The van der Waals surface area contributed by atoms with E-state index in [1.165, 1.54) is 15.6 Å². The smallest absolute Gasteiger partial charge is 0.279 e. The van der Waals surface area contributed by atoms with E-state index in [2.05, 4.69) is 32.9 Å². The Balaban J connectivity index is 2.34. The fraction of sp³-hybridized carbons (Fsp3) is 0.667. The maximum absolute atomic E-state index is 12.0. The minimum Gasteiger partial charge on any atom is -0.317 e. The molecule has 0 aliphatic carbocycles. The van der Waals surface area contributed by atoms with E-state index < -0.39 is 10.2 Å². The minimum atomic E-state index is -3.40. The molecule has 1 aromatic rings. The maximum atomic E-state index is 12.0. The van der Waals surface area contributed by atoms with Crippen molar-refractivity contribution in [2.45, 2.75) is 26.3 Å². The molecule has 0 atom stereocenters. The molecule has 5 nitrogen and oxygen atoms in total. The molecule has 0 aliphatic heterocycles. The Morgan fingerprint density at radius 2 is 2.15 bits per heavy atom. The minimum absolute atomic E-state index is 0.318. The molecule has 8 heteroatoms. The summed E-state index contributed by atoms with van der Waals surface area (Å²) in [5, 5.41) is 5.18. The van der Waals surface area contributed by atoms with Gasteiger partial charge in [0.1, 0.15) is 0 Å². The number of nitrogens with zero attached hydrogens (tertiary/aromatic N) is 1. The van der Waals surface area contributed by atoms with Gasteiger partial charge in [-0.15, -0.1) is 11.3 Å². The zero-order valence-electron chi connectivity index (χ0n) is 11.9. The Morgan fingerprint density at radius 1 is 1.40 bits per heavy atom. The molecule has 2 N–H and O–H groups in total. The van der Waals surface area contributed by atoms with Crippen molar-refractivity contribution in [2.24, 2.45) is 0 Å². The highest BCUT2D eigenvalue weighted by Crippen LogP contribution is 2.22. The number of nitrogens with one attached hydrogen (secondary N) is 2. The Morgan fingerprint density at radius 3 is 2.75 bits per heavy atom. The molecule has 0 aliphatic rings. The van der Waals surface area contributed by atoms with Gasteiger partial charge in [0.25, 0.3) is 10.2 Å². The van der Waals surface area contributed by atoms with Crippen molar-refractivity contribution in [3.8, 4) is 0 Å².